The SMILES string of the molecule is O=C1CC(=O)c2cc(Br)c3c4ccc5c6c(cc(Br)c(c7ccc1c2c73)c64)C(=O)CC5=O. The molecule has 2 aliphatic rings. The number of benzene rings is 5. The smallest absolute Gasteiger partial charge is 0.171 e. The average molecular weight is 546 g/mol. The zero-order chi connectivity index (χ0) is 22.0. The molecule has 6 heteroatoms. The Balaban J connectivity index is 1.88. The third kappa shape index (κ3) is 2.03. The molecule has 0 radical (unpaired) electrons. The van der Waals surface area contributed by atoms with Crippen molar-refractivity contribution in [3.8, 4) is 0 Å². The van der Waals surface area contributed by atoms with E-state index in [4.69, 9.17) is 0 Å². The third-order valence-corrected chi connectivity index (χ3v) is 8.10. The first-order chi connectivity index (χ1) is 15.4. The van der Waals surface area contributed by atoms with Gasteiger partial charge in [-0.05, 0) is 22.9 Å². The molecule has 0 aromatic heterocycles. The van der Waals surface area contributed by atoms with Crippen LogP contribution in [0.1, 0.15) is 54.3 Å². The van der Waals surface area contributed by atoms with Gasteiger partial charge in [-0.1, -0.05) is 56.1 Å². The molecule has 0 saturated heterocycles. The molecule has 5 aromatic carbocycles. The molecule has 0 fully saturated rings. The van der Waals surface area contributed by atoms with Crippen LogP contribution in [0.4, 0.5) is 0 Å². The number of carbonyl (C=O) groups is 4. The van der Waals surface area contributed by atoms with Crippen LogP contribution in [0.25, 0.3) is 43.1 Å². The zero-order valence-electron chi connectivity index (χ0n) is 16.3. The van der Waals surface area contributed by atoms with Crippen molar-refractivity contribution in [3.05, 3.63) is 67.6 Å². The number of carbonyl (C=O) groups excluding carboxylic acids is 4. The summed E-state index contributed by atoms with van der Waals surface area (Å²) < 4.78 is 1.49. The van der Waals surface area contributed by atoms with Crippen LogP contribution in [-0.2, 0) is 0 Å². The maximum Gasteiger partial charge on any atom is 0.171 e. The predicted molar refractivity (Wildman–Crippen MR) is 130 cm³/mol. The second-order valence-corrected chi connectivity index (χ2v) is 10.1. The van der Waals surface area contributed by atoms with Crippen molar-refractivity contribution >= 4 is 98.1 Å². The van der Waals surface area contributed by atoms with Gasteiger partial charge in [0.15, 0.2) is 23.1 Å². The Hall–Kier alpha value is -2.96. The largest absolute Gasteiger partial charge is 0.294 e. The van der Waals surface area contributed by atoms with Crippen LogP contribution in [0.2, 0.25) is 0 Å². The van der Waals surface area contributed by atoms with Crippen LogP contribution in [0.3, 0.4) is 0 Å². The number of ketones is 4. The molecule has 4 nitrogen and oxygen atoms in total. The summed E-state index contributed by atoms with van der Waals surface area (Å²) in [6.45, 7) is 0. The summed E-state index contributed by atoms with van der Waals surface area (Å²) in [5, 5.41) is 6.54. The minimum Gasteiger partial charge on any atom is -0.294 e. The Labute approximate surface area is 197 Å². The van der Waals surface area contributed by atoms with Crippen molar-refractivity contribution in [2.45, 2.75) is 12.8 Å². The second kappa shape index (κ2) is 5.88. The molecule has 0 unspecified atom stereocenters. The summed E-state index contributed by atoms with van der Waals surface area (Å²) in [7, 11) is 0. The zero-order valence-corrected chi connectivity index (χ0v) is 19.4. The summed E-state index contributed by atoms with van der Waals surface area (Å²) in [5.74, 6) is -0.710. The van der Waals surface area contributed by atoms with Crippen molar-refractivity contribution in [1.82, 2.24) is 0 Å². The van der Waals surface area contributed by atoms with Gasteiger partial charge in [0.1, 0.15) is 0 Å². The molecular formula is C26H10Br2O4. The molecule has 7 rings (SSSR count). The average Bonchev–Trinajstić information content (AvgIpc) is 2.76. The summed E-state index contributed by atoms with van der Waals surface area (Å²) in [6, 6.07) is 11.0. The van der Waals surface area contributed by atoms with Crippen molar-refractivity contribution in [1.29, 1.82) is 0 Å². The number of halogens is 2. The summed E-state index contributed by atoms with van der Waals surface area (Å²) in [5.41, 5.74) is 2.20. The van der Waals surface area contributed by atoms with Crippen LogP contribution in [-0.4, -0.2) is 23.1 Å². The lowest BCUT2D eigenvalue weighted by Crippen LogP contribution is -2.17. The van der Waals surface area contributed by atoms with Crippen LogP contribution in [0, 0.1) is 0 Å². The highest BCUT2D eigenvalue weighted by molar-refractivity contribution is 9.11. The van der Waals surface area contributed by atoms with E-state index in [1.807, 2.05) is 12.1 Å². The normalized spacial score (nSPS) is 15.8. The highest BCUT2D eigenvalue weighted by atomic mass is 79.9. The van der Waals surface area contributed by atoms with Crippen LogP contribution < -0.4 is 0 Å². The fourth-order valence-corrected chi connectivity index (χ4v) is 6.87. The van der Waals surface area contributed by atoms with Crippen LogP contribution in [0.15, 0.2) is 45.3 Å². The Morgan fingerprint density at radius 1 is 0.469 bits per heavy atom. The first kappa shape index (κ1) is 18.6. The quantitative estimate of drug-likeness (QED) is 0.122. The fourth-order valence-electron chi connectivity index (χ4n) is 5.59. The van der Waals surface area contributed by atoms with E-state index in [2.05, 4.69) is 31.9 Å². The Bertz CT molecular complexity index is 1680. The van der Waals surface area contributed by atoms with Gasteiger partial charge in [-0.3, -0.25) is 19.2 Å². The van der Waals surface area contributed by atoms with Crippen molar-refractivity contribution < 1.29 is 19.2 Å². The topological polar surface area (TPSA) is 68.3 Å². The minimum absolute atomic E-state index is 0.125. The second-order valence-electron chi connectivity index (χ2n) is 8.43. The van der Waals surface area contributed by atoms with Gasteiger partial charge in [-0.2, -0.15) is 0 Å². The van der Waals surface area contributed by atoms with Gasteiger partial charge >= 0.3 is 0 Å². The van der Waals surface area contributed by atoms with E-state index >= 15 is 0 Å². The van der Waals surface area contributed by atoms with Gasteiger partial charge in [0.05, 0.1) is 12.8 Å². The predicted octanol–water partition coefficient (Wildman–Crippen LogP) is 6.80. The molecule has 0 aliphatic heterocycles. The Kier molecular flexibility index (Phi) is 3.42. The van der Waals surface area contributed by atoms with Gasteiger partial charge in [-0.25, -0.2) is 0 Å². The standard InChI is InChI=1S/C26H10Br2O4/c27-15-6-14-20(32)8-18(30)10-2-4-12-24-16(28)5-13-19(31)7-17(29)9-1-3-11(25(24)21(9)13)23(15)26(12)22(10)14/h1-6H,7-8H2. The van der Waals surface area contributed by atoms with E-state index in [0.29, 0.717) is 33.0 Å². The van der Waals surface area contributed by atoms with Gasteiger partial charge < -0.3 is 0 Å². The first-order valence-corrected chi connectivity index (χ1v) is 11.7. The minimum atomic E-state index is -0.182. The van der Waals surface area contributed by atoms with E-state index in [1.165, 1.54) is 0 Å². The molecule has 0 amide bonds. The molecule has 0 heterocycles. The van der Waals surface area contributed by atoms with E-state index in [9.17, 15) is 19.2 Å². The number of fused-ring (bicyclic) bond motifs is 2. The molecule has 0 spiro atoms. The van der Waals surface area contributed by atoms with Crippen LogP contribution in [0.5, 0.6) is 0 Å². The van der Waals surface area contributed by atoms with Gasteiger partial charge in [0, 0.05) is 63.5 Å². The number of Topliss-reactive ketones (excluding diaryl/α,β-unsaturated/α-hetero) is 4. The molecule has 32 heavy (non-hydrogen) atoms. The monoisotopic (exact) mass is 544 g/mol. The molecule has 0 bridgehead atoms. The van der Waals surface area contributed by atoms with Gasteiger partial charge in [0.2, 0.25) is 0 Å². The highest BCUT2D eigenvalue weighted by Crippen LogP contribution is 2.50. The number of hydrogen-bond donors (Lipinski definition) is 0. The maximum atomic E-state index is 12.7. The lowest BCUT2D eigenvalue weighted by atomic mass is 9.79. The summed E-state index contributed by atoms with van der Waals surface area (Å²) >= 11 is 7.35. The van der Waals surface area contributed by atoms with E-state index in [1.54, 1.807) is 24.3 Å². The van der Waals surface area contributed by atoms with Crippen molar-refractivity contribution in [2.24, 2.45) is 0 Å². The number of rotatable bonds is 0. The van der Waals surface area contributed by atoms with Crippen molar-refractivity contribution in [3.63, 3.8) is 0 Å². The lowest BCUT2D eigenvalue weighted by molar-refractivity contribution is 0.0874. The van der Waals surface area contributed by atoms with E-state index in [-0.39, 0.29) is 36.0 Å². The molecular weight excluding hydrogens is 536 g/mol. The van der Waals surface area contributed by atoms with Crippen LogP contribution >= 0.6 is 31.9 Å². The van der Waals surface area contributed by atoms with Gasteiger partial charge in [-0.15, -0.1) is 0 Å². The Morgan fingerprint density at radius 2 is 0.844 bits per heavy atom. The molecule has 2 aliphatic carbocycles. The molecule has 5 aromatic rings. The van der Waals surface area contributed by atoms with Crippen molar-refractivity contribution in [2.75, 3.05) is 0 Å². The maximum absolute atomic E-state index is 12.7. The van der Waals surface area contributed by atoms with Gasteiger partial charge in [0.25, 0.3) is 0 Å². The molecule has 152 valence electrons. The molecule has 0 N–H and O–H groups in total. The fraction of sp³-hybridized carbons (Fsp3) is 0.0769. The third-order valence-electron chi connectivity index (χ3n) is 6.85. The summed E-state index contributed by atoms with van der Waals surface area (Å²) in [4.78, 5) is 50.9. The first-order valence-electron chi connectivity index (χ1n) is 10.1. The van der Waals surface area contributed by atoms with E-state index < -0.39 is 0 Å². The van der Waals surface area contributed by atoms with E-state index in [0.717, 1.165) is 41.3 Å². The highest BCUT2D eigenvalue weighted by Gasteiger charge is 2.32. The lowest BCUT2D eigenvalue weighted by Gasteiger charge is -2.24. The molecule has 0 atom stereocenters. The number of hydrogen-bond acceptors (Lipinski definition) is 4. The Morgan fingerprint density at radius 3 is 1.25 bits per heavy atom. The summed E-state index contributed by atoms with van der Waals surface area (Å²) in [6.07, 6.45) is -0.250. The molecule has 0 saturated carbocycles.